The Labute approximate surface area is 108 Å². The topological polar surface area (TPSA) is 61.5 Å². The number of rotatable bonds is 6. The fourth-order valence-corrected chi connectivity index (χ4v) is 1.20. The quantitative estimate of drug-likeness (QED) is 0.484. The largest absolute Gasteiger partial charge is 0.494 e. The van der Waals surface area contributed by atoms with Crippen molar-refractivity contribution in [1.82, 2.24) is 0 Å². The summed E-state index contributed by atoms with van der Waals surface area (Å²) < 4.78 is 10.2. The van der Waals surface area contributed by atoms with Gasteiger partial charge in [-0.1, -0.05) is 0 Å². The van der Waals surface area contributed by atoms with Crippen molar-refractivity contribution < 1.29 is 14.3 Å². The molecule has 0 unspecified atom stereocenters. The van der Waals surface area contributed by atoms with Crippen molar-refractivity contribution in [2.24, 2.45) is 0 Å². The molecule has 1 rings (SSSR count). The molecule has 0 aromatic heterocycles. The number of esters is 1. The van der Waals surface area contributed by atoms with Crippen LogP contribution in [0.1, 0.15) is 19.8 Å². The zero-order chi connectivity index (χ0) is 11.8. The van der Waals surface area contributed by atoms with Gasteiger partial charge in [-0.2, -0.15) is 0 Å². The highest BCUT2D eigenvalue weighted by molar-refractivity contribution is 5.85. The molecule has 0 fully saturated rings. The Morgan fingerprint density at radius 2 is 1.94 bits per heavy atom. The SMILES string of the molecule is CCOC(=O)CCCOc1ccc(N)cc1.Cl. The third kappa shape index (κ3) is 6.68. The van der Waals surface area contributed by atoms with Crippen LogP contribution in [0.4, 0.5) is 5.69 Å². The molecule has 5 heteroatoms. The number of benzene rings is 1. The van der Waals surface area contributed by atoms with Gasteiger partial charge >= 0.3 is 5.97 Å². The maximum atomic E-state index is 11.0. The van der Waals surface area contributed by atoms with Gasteiger partial charge in [0.1, 0.15) is 5.75 Å². The van der Waals surface area contributed by atoms with E-state index < -0.39 is 0 Å². The highest BCUT2D eigenvalue weighted by Crippen LogP contribution is 2.13. The molecule has 1 aromatic rings. The van der Waals surface area contributed by atoms with E-state index in [1.807, 2.05) is 0 Å². The maximum absolute atomic E-state index is 11.0. The minimum Gasteiger partial charge on any atom is -0.494 e. The first kappa shape index (κ1) is 15.6. The van der Waals surface area contributed by atoms with Gasteiger partial charge in [0.15, 0.2) is 0 Å². The van der Waals surface area contributed by atoms with Crippen LogP contribution in [0.15, 0.2) is 24.3 Å². The third-order valence-electron chi connectivity index (χ3n) is 1.98. The maximum Gasteiger partial charge on any atom is 0.305 e. The van der Waals surface area contributed by atoms with Crippen molar-refractivity contribution in [3.63, 3.8) is 0 Å². The predicted molar refractivity (Wildman–Crippen MR) is 69.5 cm³/mol. The summed E-state index contributed by atoms with van der Waals surface area (Å²) >= 11 is 0. The summed E-state index contributed by atoms with van der Waals surface area (Å²) in [5.74, 6) is 0.585. The van der Waals surface area contributed by atoms with Crippen molar-refractivity contribution >= 4 is 24.1 Å². The molecule has 96 valence electrons. The van der Waals surface area contributed by atoms with E-state index in [9.17, 15) is 4.79 Å². The molecular formula is C12H18ClNO3. The van der Waals surface area contributed by atoms with Crippen LogP contribution in [-0.4, -0.2) is 19.2 Å². The molecular weight excluding hydrogens is 242 g/mol. The Morgan fingerprint density at radius 1 is 1.29 bits per heavy atom. The fourth-order valence-electron chi connectivity index (χ4n) is 1.20. The van der Waals surface area contributed by atoms with E-state index in [1.165, 1.54) is 0 Å². The van der Waals surface area contributed by atoms with Crippen molar-refractivity contribution in [3.8, 4) is 5.75 Å². The van der Waals surface area contributed by atoms with E-state index in [-0.39, 0.29) is 18.4 Å². The Balaban J connectivity index is 0.00000256. The molecule has 0 atom stereocenters. The van der Waals surface area contributed by atoms with Crippen LogP contribution in [-0.2, 0) is 9.53 Å². The molecule has 0 saturated heterocycles. The standard InChI is InChI=1S/C12H17NO3.ClH/c1-2-15-12(14)4-3-9-16-11-7-5-10(13)6-8-11;/h5-8H,2-4,9,13H2,1H3;1H. The van der Waals surface area contributed by atoms with Gasteiger partial charge in [0, 0.05) is 12.1 Å². The summed E-state index contributed by atoms with van der Waals surface area (Å²) in [7, 11) is 0. The lowest BCUT2D eigenvalue weighted by Gasteiger charge is -2.06. The van der Waals surface area contributed by atoms with Crippen LogP contribution in [0.5, 0.6) is 5.75 Å². The molecule has 0 spiro atoms. The summed E-state index contributed by atoms with van der Waals surface area (Å²) in [6.07, 6.45) is 1.05. The van der Waals surface area contributed by atoms with Crippen LogP contribution in [0.3, 0.4) is 0 Å². The number of nitrogens with two attached hydrogens (primary N) is 1. The average Bonchev–Trinajstić information content (AvgIpc) is 2.27. The monoisotopic (exact) mass is 259 g/mol. The zero-order valence-electron chi connectivity index (χ0n) is 9.85. The normalized spacial score (nSPS) is 9.24. The second-order valence-corrected chi connectivity index (χ2v) is 3.33. The van der Waals surface area contributed by atoms with Gasteiger partial charge in [-0.3, -0.25) is 4.79 Å². The average molecular weight is 260 g/mol. The highest BCUT2D eigenvalue weighted by Gasteiger charge is 2.01. The number of carbonyl (C=O) groups is 1. The lowest BCUT2D eigenvalue weighted by molar-refractivity contribution is -0.143. The molecule has 0 bridgehead atoms. The van der Waals surface area contributed by atoms with E-state index in [1.54, 1.807) is 31.2 Å². The molecule has 2 N–H and O–H groups in total. The molecule has 0 aliphatic carbocycles. The molecule has 0 heterocycles. The molecule has 0 aliphatic rings. The van der Waals surface area contributed by atoms with Crippen LogP contribution in [0.25, 0.3) is 0 Å². The van der Waals surface area contributed by atoms with Crippen LogP contribution >= 0.6 is 12.4 Å². The molecule has 0 aliphatic heterocycles. The first-order valence-electron chi connectivity index (χ1n) is 5.36. The van der Waals surface area contributed by atoms with Crippen LogP contribution in [0, 0.1) is 0 Å². The molecule has 17 heavy (non-hydrogen) atoms. The van der Waals surface area contributed by atoms with Gasteiger partial charge < -0.3 is 15.2 Å². The number of nitrogen functional groups attached to an aromatic ring is 1. The summed E-state index contributed by atoms with van der Waals surface area (Å²) in [6, 6.07) is 7.17. The zero-order valence-corrected chi connectivity index (χ0v) is 10.7. The smallest absolute Gasteiger partial charge is 0.305 e. The molecule has 0 saturated carbocycles. The summed E-state index contributed by atoms with van der Waals surface area (Å²) in [4.78, 5) is 11.0. The predicted octanol–water partition coefficient (Wildman–Crippen LogP) is 2.41. The lowest BCUT2D eigenvalue weighted by Crippen LogP contribution is -2.06. The van der Waals surface area contributed by atoms with Crippen LogP contribution in [0.2, 0.25) is 0 Å². The Bertz CT molecular complexity index is 327. The van der Waals surface area contributed by atoms with Crippen molar-refractivity contribution in [3.05, 3.63) is 24.3 Å². The fraction of sp³-hybridized carbons (Fsp3) is 0.417. The van der Waals surface area contributed by atoms with Crippen molar-refractivity contribution in [2.75, 3.05) is 18.9 Å². The first-order chi connectivity index (χ1) is 7.72. The van der Waals surface area contributed by atoms with Gasteiger partial charge in [-0.05, 0) is 37.6 Å². The van der Waals surface area contributed by atoms with Crippen molar-refractivity contribution in [2.45, 2.75) is 19.8 Å². The van der Waals surface area contributed by atoms with Gasteiger partial charge in [0.2, 0.25) is 0 Å². The van der Waals surface area contributed by atoms with E-state index in [2.05, 4.69) is 0 Å². The lowest BCUT2D eigenvalue weighted by atomic mass is 10.3. The van der Waals surface area contributed by atoms with E-state index in [4.69, 9.17) is 15.2 Å². The van der Waals surface area contributed by atoms with Gasteiger partial charge in [-0.25, -0.2) is 0 Å². The summed E-state index contributed by atoms with van der Waals surface area (Å²) in [5, 5.41) is 0. The summed E-state index contributed by atoms with van der Waals surface area (Å²) in [5.41, 5.74) is 6.25. The van der Waals surface area contributed by atoms with Gasteiger partial charge in [0.05, 0.1) is 13.2 Å². The number of hydrogen-bond donors (Lipinski definition) is 1. The molecule has 4 nitrogen and oxygen atoms in total. The Kier molecular flexibility index (Phi) is 7.97. The second kappa shape index (κ2) is 8.70. The number of halogens is 1. The molecule has 0 amide bonds. The highest BCUT2D eigenvalue weighted by atomic mass is 35.5. The minimum absolute atomic E-state index is 0. The van der Waals surface area contributed by atoms with Crippen molar-refractivity contribution in [1.29, 1.82) is 0 Å². The van der Waals surface area contributed by atoms with E-state index >= 15 is 0 Å². The second-order valence-electron chi connectivity index (χ2n) is 3.33. The van der Waals surface area contributed by atoms with Crippen LogP contribution < -0.4 is 10.5 Å². The van der Waals surface area contributed by atoms with E-state index in [0.29, 0.717) is 31.7 Å². The summed E-state index contributed by atoms with van der Waals surface area (Å²) in [6.45, 7) is 2.73. The number of carbonyl (C=O) groups excluding carboxylic acids is 1. The number of hydrogen-bond acceptors (Lipinski definition) is 4. The van der Waals surface area contributed by atoms with E-state index in [0.717, 1.165) is 5.75 Å². The minimum atomic E-state index is -0.177. The molecule has 1 aromatic carbocycles. The first-order valence-corrected chi connectivity index (χ1v) is 5.36. The molecule has 0 radical (unpaired) electrons. The Morgan fingerprint density at radius 3 is 2.53 bits per heavy atom. The van der Waals surface area contributed by atoms with Gasteiger partial charge in [-0.15, -0.1) is 12.4 Å². The third-order valence-corrected chi connectivity index (χ3v) is 1.98. The van der Waals surface area contributed by atoms with Gasteiger partial charge in [0.25, 0.3) is 0 Å². The Hall–Kier alpha value is -1.42. The number of anilines is 1. The number of ether oxygens (including phenoxy) is 2.